The molecule has 0 aromatic heterocycles. The zero-order valence-electron chi connectivity index (χ0n) is 17.6. The van der Waals surface area contributed by atoms with Gasteiger partial charge in [-0.2, -0.15) is 0 Å². The summed E-state index contributed by atoms with van der Waals surface area (Å²) in [6.07, 6.45) is 0. The lowest BCUT2D eigenvalue weighted by Crippen LogP contribution is -2.48. The molecular weight excluding hydrogens is 431 g/mol. The zero-order chi connectivity index (χ0) is 22.9. The maximum absolute atomic E-state index is 13.3. The molecule has 0 unspecified atom stereocenters. The van der Waals surface area contributed by atoms with Gasteiger partial charge < -0.3 is 15.0 Å². The summed E-state index contributed by atoms with van der Waals surface area (Å²) < 4.78 is 18.9. The van der Waals surface area contributed by atoms with E-state index in [-0.39, 0.29) is 30.8 Å². The molecule has 0 heterocycles. The summed E-state index contributed by atoms with van der Waals surface area (Å²) in [6.45, 7) is 1.88. The van der Waals surface area contributed by atoms with E-state index < -0.39 is 6.04 Å². The number of amides is 2. The highest BCUT2D eigenvalue weighted by Gasteiger charge is 2.26. The predicted octanol–water partition coefficient (Wildman–Crippen LogP) is 4.59. The van der Waals surface area contributed by atoms with Gasteiger partial charge in [0.25, 0.3) is 5.91 Å². The maximum atomic E-state index is 13.3. The fourth-order valence-corrected chi connectivity index (χ4v) is 3.18. The SMILES string of the molecule is C[C@H](C(=O)NCc1ccc(Cl)cc1)N(Cc1ccc(F)cc1)C(=O)COc1ccccc1. The van der Waals surface area contributed by atoms with Crippen molar-refractivity contribution in [2.24, 2.45) is 0 Å². The van der Waals surface area contributed by atoms with Crippen molar-refractivity contribution in [3.63, 3.8) is 0 Å². The molecule has 0 saturated heterocycles. The maximum Gasteiger partial charge on any atom is 0.261 e. The largest absolute Gasteiger partial charge is 0.484 e. The molecule has 166 valence electrons. The summed E-state index contributed by atoms with van der Waals surface area (Å²) in [4.78, 5) is 27.2. The Morgan fingerprint density at radius 1 is 0.969 bits per heavy atom. The Balaban J connectivity index is 1.68. The summed E-state index contributed by atoms with van der Waals surface area (Å²) >= 11 is 5.90. The third-order valence-corrected chi connectivity index (χ3v) is 5.17. The number of halogens is 2. The lowest BCUT2D eigenvalue weighted by molar-refractivity contribution is -0.142. The van der Waals surface area contributed by atoms with Crippen LogP contribution in [-0.4, -0.2) is 29.4 Å². The van der Waals surface area contributed by atoms with Gasteiger partial charge in [-0.3, -0.25) is 9.59 Å². The van der Waals surface area contributed by atoms with Crippen LogP contribution in [-0.2, 0) is 22.7 Å². The molecule has 3 aromatic carbocycles. The Morgan fingerprint density at radius 2 is 1.59 bits per heavy atom. The van der Waals surface area contributed by atoms with E-state index in [0.29, 0.717) is 22.9 Å². The monoisotopic (exact) mass is 454 g/mol. The number of benzene rings is 3. The minimum atomic E-state index is -0.765. The third kappa shape index (κ3) is 6.82. The Morgan fingerprint density at radius 3 is 2.25 bits per heavy atom. The van der Waals surface area contributed by atoms with Gasteiger partial charge in [-0.15, -0.1) is 0 Å². The fourth-order valence-electron chi connectivity index (χ4n) is 3.05. The quantitative estimate of drug-likeness (QED) is 0.514. The second-order valence-electron chi connectivity index (χ2n) is 7.27. The number of para-hydroxylation sites is 1. The Bertz CT molecular complexity index is 1030. The van der Waals surface area contributed by atoms with E-state index in [2.05, 4.69) is 5.32 Å². The van der Waals surface area contributed by atoms with E-state index in [0.717, 1.165) is 5.56 Å². The van der Waals surface area contributed by atoms with Crippen LogP contribution in [0.5, 0.6) is 5.75 Å². The van der Waals surface area contributed by atoms with Crippen molar-refractivity contribution in [3.05, 3.63) is 101 Å². The molecule has 32 heavy (non-hydrogen) atoms. The van der Waals surface area contributed by atoms with Gasteiger partial charge >= 0.3 is 0 Å². The van der Waals surface area contributed by atoms with Crippen LogP contribution in [0.15, 0.2) is 78.9 Å². The van der Waals surface area contributed by atoms with E-state index in [1.165, 1.54) is 17.0 Å². The first-order chi connectivity index (χ1) is 15.4. The number of nitrogens with one attached hydrogen (secondary N) is 1. The second kappa shape index (κ2) is 11.3. The molecule has 0 aliphatic rings. The van der Waals surface area contributed by atoms with Crippen LogP contribution in [0.25, 0.3) is 0 Å². The van der Waals surface area contributed by atoms with E-state index in [1.54, 1.807) is 43.3 Å². The highest BCUT2D eigenvalue weighted by Crippen LogP contribution is 2.14. The first kappa shape index (κ1) is 23.3. The van der Waals surface area contributed by atoms with E-state index in [9.17, 15) is 14.0 Å². The third-order valence-electron chi connectivity index (χ3n) is 4.92. The van der Waals surface area contributed by atoms with Gasteiger partial charge in [0.05, 0.1) is 0 Å². The van der Waals surface area contributed by atoms with Crippen molar-refractivity contribution in [2.75, 3.05) is 6.61 Å². The predicted molar refractivity (Wildman–Crippen MR) is 122 cm³/mol. The Labute approximate surface area is 191 Å². The molecule has 0 spiro atoms. The highest BCUT2D eigenvalue weighted by atomic mass is 35.5. The number of carbonyl (C=O) groups is 2. The van der Waals surface area contributed by atoms with Crippen molar-refractivity contribution >= 4 is 23.4 Å². The van der Waals surface area contributed by atoms with Crippen LogP contribution in [0.1, 0.15) is 18.1 Å². The first-order valence-corrected chi connectivity index (χ1v) is 10.5. The lowest BCUT2D eigenvalue weighted by atomic mass is 10.1. The number of hydrogen-bond acceptors (Lipinski definition) is 3. The van der Waals surface area contributed by atoms with E-state index >= 15 is 0 Å². The van der Waals surface area contributed by atoms with Gasteiger partial charge in [0.15, 0.2) is 6.61 Å². The number of ether oxygens (including phenoxy) is 1. The van der Waals surface area contributed by atoms with Crippen molar-refractivity contribution < 1.29 is 18.7 Å². The average Bonchev–Trinajstić information content (AvgIpc) is 2.82. The van der Waals surface area contributed by atoms with Gasteiger partial charge in [-0.25, -0.2) is 4.39 Å². The van der Waals surface area contributed by atoms with E-state index in [4.69, 9.17) is 16.3 Å². The van der Waals surface area contributed by atoms with Crippen molar-refractivity contribution in [1.29, 1.82) is 0 Å². The molecule has 5 nitrogen and oxygen atoms in total. The van der Waals surface area contributed by atoms with Crippen LogP contribution in [0.3, 0.4) is 0 Å². The van der Waals surface area contributed by atoms with Crippen molar-refractivity contribution in [1.82, 2.24) is 10.2 Å². The molecule has 2 amide bonds. The minimum Gasteiger partial charge on any atom is -0.484 e. The number of nitrogens with zero attached hydrogens (tertiary/aromatic N) is 1. The molecule has 0 aliphatic carbocycles. The standard InChI is InChI=1S/C25H24ClFN2O3/c1-18(25(31)28-15-19-7-11-21(26)12-8-19)29(16-20-9-13-22(27)14-10-20)24(30)17-32-23-5-3-2-4-6-23/h2-14,18H,15-17H2,1H3,(H,28,31)/t18-/m1/s1. The molecule has 0 fully saturated rings. The molecule has 0 aliphatic heterocycles. The molecule has 1 N–H and O–H groups in total. The molecule has 3 rings (SSSR count). The van der Waals surface area contributed by atoms with Gasteiger partial charge in [0, 0.05) is 18.1 Å². The molecule has 7 heteroatoms. The minimum absolute atomic E-state index is 0.146. The molecule has 3 aromatic rings. The van der Waals surface area contributed by atoms with Gasteiger partial charge in [0.1, 0.15) is 17.6 Å². The van der Waals surface area contributed by atoms with Crippen molar-refractivity contribution in [3.8, 4) is 5.75 Å². The van der Waals surface area contributed by atoms with Gasteiger partial charge in [0.2, 0.25) is 5.91 Å². The normalized spacial score (nSPS) is 11.5. The van der Waals surface area contributed by atoms with Crippen molar-refractivity contribution in [2.45, 2.75) is 26.1 Å². The summed E-state index contributed by atoms with van der Waals surface area (Å²) in [5.41, 5.74) is 1.59. The summed E-state index contributed by atoms with van der Waals surface area (Å²) in [5.74, 6) is -0.474. The summed E-state index contributed by atoms with van der Waals surface area (Å²) in [5, 5.41) is 3.46. The van der Waals surface area contributed by atoms with E-state index in [1.807, 2.05) is 30.3 Å². The molecule has 1 atom stereocenters. The molecule has 0 bridgehead atoms. The lowest BCUT2D eigenvalue weighted by Gasteiger charge is -2.28. The molecule has 0 saturated carbocycles. The van der Waals surface area contributed by atoms with Crippen LogP contribution in [0.4, 0.5) is 4.39 Å². The highest BCUT2D eigenvalue weighted by molar-refractivity contribution is 6.30. The molecule has 0 radical (unpaired) electrons. The smallest absolute Gasteiger partial charge is 0.261 e. The first-order valence-electron chi connectivity index (χ1n) is 10.2. The zero-order valence-corrected chi connectivity index (χ0v) is 18.4. The Hall–Kier alpha value is -3.38. The number of carbonyl (C=O) groups excluding carboxylic acids is 2. The summed E-state index contributed by atoms with van der Waals surface area (Å²) in [7, 11) is 0. The average molecular weight is 455 g/mol. The number of hydrogen-bond donors (Lipinski definition) is 1. The van der Waals surface area contributed by atoms with Crippen LogP contribution in [0.2, 0.25) is 5.02 Å². The Kier molecular flexibility index (Phi) is 8.22. The topological polar surface area (TPSA) is 58.6 Å². The summed E-state index contributed by atoms with van der Waals surface area (Å²) in [6, 6.07) is 21.2. The second-order valence-corrected chi connectivity index (χ2v) is 7.71. The fraction of sp³-hybridized carbons (Fsp3) is 0.200. The van der Waals surface area contributed by atoms with Crippen LogP contribution < -0.4 is 10.1 Å². The van der Waals surface area contributed by atoms with Crippen LogP contribution in [0, 0.1) is 5.82 Å². The van der Waals surface area contributed by atoms with Gasteiger partial charge in [-0.05, 0) is 54.4 Å². The molecular formula is C25H24ClFN2O3. The number of rotatable bonds is 9. The van der Waals surface area contributed by atoms with Crippen LogP contribution >= 0.6 is 11.6 Å². The van der Waals surface area contributed by atoms with Gasteiger partial charge in [-0.1, -0.05) is 54.1 Å².